The van der Waals surface area contributed by atoms with Crippen LogP contribution in [0.4, 0.5) is 0 Å². The van der Waals surface area contributed by atoms with Gasteiger partial charge in [-0.1, -0.05) is 138 Å². The molecule has 0 amide bonds. The lowest BCUT2D eigenvalue weighted by molar-refractivity contribution is -0.161. The summed E-state index contributed by atoms with van der Waals surface area (Å²) in [4.78, 5) is 42.8. The number of carbonyl (C=O) groups excluding carboxylic acids is 2. The quantitative estimate of drug-likeness (QED) is 0.0281. The number of carbonyl (C=O) groups is 2. The Bertz CT molecular complexity index is 1070. The summed E-state index contributed by atoms with van der Waals surface area (Å²) in [6.07, 6.45) is 49.1. The fourth-order valence-electron chi connectivity index (χ4n) is 5.15. The molecule has 298 valence electrons. The van der Waals surface area contributed by atoms with E-state index in [2.05, 4.69) is 91.3 Å². The Labute approximate surface area is 317 Å². The van der Waals surface area contributed by atoms with E-state index in [1.165, 1.54) is 64.2 Å². The number of rotatable bonds is 36. The van der Waals surface area contributed by atoms with Crippen LogP contribution in [0.15, 0.2) is 72.9 Å². The molecule has 0 aromatic carbocycles. The Balaban J connectivity index is 4.07. The molecule has 9 heteroatoms. The van der Waals surface area contributed by atoms with Crippen LogP contribution >= 0.6 is 7.82 Å². The van der Waals surface area contributed by atoms with Crippen molar-refractivity contribution in [3.8, 4) is 0 Å². The predicted octanol–water partition coefficient (Wildman–Crippen LogP) is 12.3. The zero-order chi connectivity index (χ0) is 38.2. The highest BCUT2D eigenvalue weighted by Gasteiger charge is 2.22. The van der Waals surface area contributed by atoms with Crippen LogP contribution in [-0.2, 0) is 28.2 Å². The molecule has 0 radical (unpaired) electrons. The minimum atomic E-state index is -4.77. The molecule has 0 aromatic heterocycles. The molecule has 52 heavy (non-hydrogen) atoms. The van der Waals surface area contributed by atoms with E-state index in [0.29, 0.717) is 12.8 Å². The maximum Gasteiger partial charge on any atom is 0.469 e. The minimum Gasteiger partial charge on any atom is -0.462 e. The van der Waals surface area contributed by atoms with Crippen LogP contribution in [0.2, 0.25) is 0 Å². The van der Waals surface area contributed by atoms with Crippen molar-refractivity contribution in [2.45, 2.75) is 174 Å². The lowest BCUT2D eigenvalue weighted by atomic mass is 10.1. The summed E-state index contributed by atoms with van der Waals surface area (Å²) in [5.74, 6) is -0.965. The molecule has 8 nitrogen and oxygen atoms in total. The highest BCUT2D eigenvalue weighted by atomic mass is 31.2. The summed E-state index contributed by atoms with van der Waals surface area (Å²) in [6, 6.07) is 0. The highest BCUT2D eigenvalue weighted by Crippen LogP contribution is 2.36. The number of esters is 2. The summed E-state index contributed by atoms with van der Waals surface area (Å²) < 4.78 is 26.3. The Morgan fingerprint density at radius 3 is 1.37 bits per heavy atom. The molecule has 0 unspecified atom stereocenters. The standard InChI is InChI=1S/C43H73O8P/c1-3-5-7-9-11-13-15-17-19-20-21-22-24-25-27-29-31-33-35-37-42(44)49-39-41(40-50-52(46,47)48)51-43(45)38-36-34-32-30-28-26-23-18-16-14-12-10-8-6-4-2/h11,13,17-19,21-23,25,27-28,30,41H,3-10,12,14-16,20,24,26,29,31-40H2,1-2H3,(H2,46,47,48)/b13-11+,19-17+,22-21+,23-18+,27-25+,30-28+/t41-/m1/s1. The molecule has 0 aliphatic carbocycles. The second-order valence-electron chi connectivity index (χ2n) is 13.2. The summed E-state index contributed by atoms with van der Waals surface area (Å²) >= 11 is 0. The van der Waals surface area contributed by atoms with Crippen LogP contribution in [0.25, 0.3) is 0 Å². The maximum atomic E-state index is 12.4. The van der Waals surface area contributed by atoms with Crippen molar-refractivity contribution in [1.29, 1.82) is 0 Å². The first kappa shape index (κ1) is 49.5. The molecule has 2 N–H and O–H groups in total. The van der Waals surface area contributed by atoms with E-state index >= 15 is 0 Å². The fourth-order valence-corrected chi connectivity index (χ4v) is 5.51. The average molecular weight is 749 g/mol. The Hall–Kier alpha value is -2.51. The Morgan fingerprint density at radius 1 is 0.500 bits per heavy atom. The summed E-state index contributed by atoms with van der Waals surface area (Å²) in [5.41, 5.74) is 0. The van der Waals surface area contributed by atoms with Gasteiger partial charge in [-0.2, -0.15) is 0 Å². The van der Waals surface area contributed by atoms with Crippen LogP contribution in [0, 0.1) is 0 Å². The topological polar surface area (TPSA) is 119 Å². The molecule has 0 spiro atoms. The molecule has 0 aliphatic heterocycles. The normalized spacial score (nSPS) is 13.2. The van der Waals surface area contributed by atoms with E-state index in [1.54, 1.807) is 0 Å². The molecule has 0 saturated heterocycles. The monoisotopic (exact) mass is 749 g/mol. The first-order valence-electron chi connectivity index (χ1n) is 20.2. The molecule has 0 bridgehead atoms. The van der Waals surface area contributed by atoms with Crippen molar-refractivity contribution in [2.75, 3.05) is 13.2 Å². The smallest absolute Gasteiger partial charge is 0.462 e. The third-order valence-electron chi connectivity index (χ3n) is 8.20. The van der Waals surface area contributed by atoms with E-state index in [9.17, 15) is 14.2 Å². The molecule has 0 rings (SSSR count). The van der Waals surface area contributed by atoms with Crippen molar-refractivity contribution in [3.05, 3.63) is 72.9 Å². The van der Waals surface area contributed by atoms with E-state index in [4.69, 9.17) is 19.3 Å². The van der Waals surface area contributed by atoms with Gasteiger partial charge in [-0.3, -0.25) is 14.1 Å². The number of phosphoric acid groups is 1. The first-order valence-corrected chi connectivity index (χ1v) is 21.8. The van der Waals surface area contributed by atoms with Crippen molar-refractivity contribution in [2.24, 2.45) is 0 Å². The van der Waals surface area contributed by atoms with Gasteiger partial charge in [-0.25, -0.2) is 4.57 Å². The zero-order valence-corrected chi connectivity index (χ0v) is 33.6. The summed E-state index contributed by atoms with van der Waals surface area (Å²) in [7, 11) is -4.77. The van der Waals surface area contributed by atoms with Crippen LogP contribution < -0.4 is 0 Å². The fraction of sp³-hybridized carbons (Fsp3) is 0.674. The zero-order valence-electron chi connectivity index (χ0n) is 32.7. The van der Waals surface area contributed by atoms with Crippen molar-refractivity contribution in [3.63, 3.8) is 0 Å². The first-order chi connectivity index (χ1) is 25.3. The van der Waals surface area contributed by atoms with Crippen molar-refractivity contribution in [1.82, 2.24) is 0 Å². The molecule has 0 aromatic rings. The molecule has 1 atom stereocenters. The number of ether oxygens (including phenoxy) is 2. The van der Waals surface area contributed by atoms with Gasteiger partial charge in [0, 0.05) is 12.8 Å². The predicted molar refractivity (Wildman–Crippen MR) is 216 cm³/mol. The van der Waals surface area contributed by atoms with Crippen LogP contribution in [-0.4, -0.2) is 41.0 Å². The van der Waals surface area contributed by atoms with Gasteiger partial charge in [-0.15, -0.1) is 0 Å². The summed E-state index contributed by atoms with van der Waals surface area (Å²) in [5, 5.41) is 0. The lowest BCUT2D eigenvalue weighted by Gasteiger charge is -2.18. The van der Waals surface area contributed by atoms with Gasteiger partial charge in [-0.05, 0) is 89.9 Å². The number of unbranched alkanes of at least 4 members (excludes halogenated alkanes) is 14. The maximum absolute atomic E-state index is 12.4. The number of hydrogen-bond acceptors (Lipinski definition) is 6. The van der Waals surface area contributed by atoms with E-state index < -0.39 is 32.5 Å². The van der Waals surface area contributed by atoms with Crippen LogP contribution in [0.3, 0.4) is 0 Å². The third kappa shape index (κ3) is 40.3. The molecular formula is C43H73O8P. The number of phosphoric ester groups is 1. The van der Waals surface area contributed by atoms with Gasteiger partial charge in [0.2, 0.25) is 0 Å². The molecule has 0 aliphatic rings. The van der Waals surface area contributed by atoms with E-state index in [1.807, 2.05) is 0 Å². The van der Waals surface area contributed by atoms with Gasteiger partial charge in [0.15, 0.2) is 6.10 Å². The molecule has 0 fully saturated rings. The van der Waals surface area contributed by atoms with Gasteiger partial charge in [0.05, 0.1) is 6.61 Å². The van der Waals surface area contributed by atoms with Gasteiger partial charge in [0.1, 0.15) is 6.61 Å². The second kappa shape index (κ2) is 38.2. The molecule has 0 heterocycles. The lowest BCUT2D eigenvalue weighted by Crippen LogP contribution is -2.29. The third-order valence-corrected chi connectivity index (χ3v) is 8.68. The average Bonchev–Trinajstić information content (AvgIpc) is 3.11. The van der Waals surface area contributed by atoms with E-state index in [-0.39, 0.29) is 19.4 Å². The van der Waals surface area contributed by atoms with Crippen molar-refractivity contribution < 1.29 is 37.9 Å². The second-order valence-corrected chi connectivity index (χ2v) is 14.5. The van der Waals surface area contributed by atoms with E-state index in [0.717, 1.165) is 64.2 Å². The van der Waals surface area contributed by atoms with Crippen molar-refractivity contribution >= 4 is 19.8 Å². The number of allylic oxidation sites excluding steroid dienone is 12. The van der Waals surface area contributed by atoms with Crippen LogP contribution in [0.5, 0.6) is 0 Å². The molecule has 0 saturated carbocycles. The summed E-state index contributed by atoms with van der Waals surface area (Å²) in [6.45, 7) is 3.58. The number of hydrogen-bond donors (Lipinski definition) is 2. The van der Waals surface area contributed by atoms with Gasteiger partial charge in [0.25, 0.3) is 0 Å². The van der Waals surface area contributed by atoms with Gasteiger partial charge >= 0.3 is 19.8 Å². The highest BCUT2D eigenvalue weighted by molar-refractivity contribution is 7.46. The minimum absolute atomic E-state index is 0.159. The van der Waals surface area contributed by atoms with Gasteiger partial charge < -0.3 is 19.3 Å². The molecular weight excluding hydrogens is 675 g/mol. The SMILES string of the molecule is CCCCC/C=C/C/C=C/C/C=C/C/C=C/CCCCCC(=O)OC[C@H](COP(=O)(O)O)OC(=O)CCCC/C=C/C/C=C/CCCCCCCC. The Morgan fingerprint density at radius 2 is 0.865 bits per heavy atom. The Kier molecular flexibility index (Phi) is 36.4. The van der Waals surface area contributed by atoms with Crippen LogP contribution in [0.1, 0.15) is 168 Å². The largest absolute Gasteiger partial charge is 0.469 e.